The molecule has 5 N–H and O–H groups in total. The van der Waals surface area contributed by atoms with Crippen molar-refractivity contribution in [3.8, 4) is 23.1 Å². The second-order valence-electron chi connectivity index (χ2n) is 6.10. The molecule has 0 atom stereocenters. The number of para-hydroxylation sites is 1. The van der Waals surface area contributed by atoms with Crippen LogP contribution < -0.4 is 11.5 Å². The number of nitrogen functional groups attached to an aromatic ring is 1. The van der Waals surface area contributed by atoms with E-state index in [0.29, 0.717) is 16.8 Å². The number of rotatable bonds is 2. The van der Waals surface area contributed by atoms with Crippen LogP contribution >= 0.6 is 0 Å². The van der Waals surface area contributed by atoms with Crippen LogP contribution in [0.25, 0.3) is 11.3 Å². The first-order valence-electron chi connectivity index (χ1n) is 7.84. The molecule has 118 valence electrons. The Morgan fingerprint density at radius 3 is 2.52 bits per heavy atom. The quantitative estimate of drug-likeness (QED) is 0.790. The van der Waals surface area contributed by atoms with Crippen molar-refractivity contribution in [3.63, 3.8) is 0 Å². The number of phenols is 1. The average molecular weight is 308 g/mol. The molecule has 5 heteroatoms. The topological polar surface area (TPSA) is 109 Å². The Kier molecular flexibility index (Phi) is 4.18. The van der Waals surface area contributed by atoms with E-state index in [4.69, 9.17) is 11.5 Å². The monoisotopic (exact) mass is 308 g/mol. The minimum absolute atomic E-state index is 0.153. The molecule has 0 amide bonds. The first kappa shape index (κ1) is 15.3. The van der Waals surface area contributed by atoms with Crippen molar-refractivity contribution < 1.29 is 5.11 Å². The van der Waals surface area contributed by atoms with E-state index in [1.807, 2.05) is 12.1 Å². The molecule has 0 unspecified atom stereocenters. The highest BCUT2D eigenvalue weighted by Crippen LogP contribution is 2.38. The summed E-state index contributed by atoms with van der Waals surface area (Å²) in [6.45, 7) is 0. The van der Waals surface area contributed by atoms with Crippen LogP contribution in [-0.4, -0.2) is 16.1 Å². The fourth-order valence-corrected chi connectivity index (χ4v) is 3.29. The van der Waals surface area contributed by atoms with Gasteiger partial charge < -0.3 is 16.6 Å². The molecular weight excluding hydrogens is 288 g/mol. The summed E-state index contributed by atoms with van der Waals surface area (Å²) >= 11 is 0. The number of pyridine rings is 1. The summed E-state index contributed by atoms with van der Waals surface area (Å²) in [5.41, 5.74) is 14.6. The van der Waals surface area contributed by atoms with Gasteiger partial charge in [-0.05, 0) is 55.4 Å². The van der Waals surface area contributed by atoms with Gasteiger partial charge >= 0.3 is 0 Å². The zero-order chi connectivity index (χ0) is 16.4. The molecule has 0 spiro atoms. The Labute approximate surface area is 135 Å². The van der Waals surface area contributed by atoms with E-state index in [-0.39, 0.29) is 23.5 Å². The first-order chi connectivity index (χ1) is 11.1. The number of anilines is 1. The number of aromatic nitrogens is 1. The third kappa shape index (κ3) is 2.99. The summed E-state index contributed by atoms with van der Waals surface area (Å²) < 4.78 is 0. The number of hydrogen-bond donors (Lipinski definition) is 3. The fraction of sp³-hybridized carbons (Fsp3) is 0.333. The smallest absolute Gasteiger partial charge is 0.142 e. The molecule has 0 radical (unpaired) electrons. The summed E-state index contributed by atoms with van der Waals surface area (Å²) in [6.07, 6.45) is 3.78. The van der Waals surface area contributed by atoms with E-state index in [1.54, 1.807) is 18.2 Å². The predicted molar refractivity (Wildman–Crippen MR) is 89.6 cm³/mol. The molecule has 1 aliphatic carbocycles. The van der Waals surface area contributed by atoms with E-state index in [9.17, 15) is 10.4 Å². The highest BCUT2D eigenvalue weighted by atomic mass is 16.3. The molecule has 1 aromatic carbocycles. The van der Waals surface area contributed by atoms with Gasteiger partial charge in [0, 0.05) is 11.6 Å². The van der Waals surface area contributed by atoms with Crippen LogP contribution in [0.1, 0.15) is 42.7 Å². The number of nitrogens with zero attached hydrogens (tertiary/aromatic N) is 2. The van der Waals surface area contributed by atoms with Crippen molar-refractivity contribution in [2.75, 3.05) is 5.73 Å². The molecule has 1 saturated carbocycles. The maximum Gasteiger partial charge on any atom is 0.142 e. The number of nitriles is 1. The van der Waals surface area contributed by atoms with Crippen molar-refractivity contribution in [1.29, 1.82) is 5.26 Å². The van der Waals surface area contributed by atoms with Crippen LogP contribution in [0.15, 0.2) is 30.3 Å². The van der Waals surface area contributed by atoms with Crippen LogP contribution in [0.5, 0.6) is 5.75 Å². The second-order valence-corrected chi connectivity index (χ2v) is 6.10. The third-order valence-corrected chi connectivity index (χ3v) is 4.58. The molecule has 2 aromatic rings. The lowest BCUT2D eigenvalue weighted by molar-refractivity contribution is 0.395. The molecule has 0 saturated heterocycles. The van der Waals surface area contributed by atoms with E-state index >= 15 is 0 Å². The minimum Gasteiger partial charge on any atom is -0.507 e. The van der Waals surface area contributed by atoms with Crippen LogP contribution in [0.2, 0.25) is 0 Å². The average Bonchev–Trinajstić information content (AvgIpc) is 2.55. The Morgan fingerprint density at radius 2 is 1.87 bits per heavy atom. The van der Waals surface area contributed by atoms with Crippen LogP contribution in [0.4, 0.5) is 5.82 Å². The van der Waals surface area contributed by atoms with Gasteiger partial charge in [-0.2, -0.15) is 5.26 Å². The van der Waals surface area contributed by atoms with Crippen molar-refractivity contribution in [2.45, 2.75) is 37.6 Å². The van der Waals surface area contributed by atoms with E-state index in [2.05, 4.69) is 11.1 Å². The summed E-state index contributed by atoms with van der Waals surface area (Å²) in [6, 6.07) is 11.3. The van der Waals surface area contributed by atoms with Gasteiger partial charge in [-0.3, -0.25) is 0 Å². The summed E-state index contributed by atoms with van der Waals surface area (Å²) in [4.78, 5) is 4.32. The van der Waals surface area contributed by atoms with Crippen molar-refractivity contribution in [3.05, 3.63) is 41.5 Å². The molecule has 1 aromatic heterocycles. The molecule has 1 heterocycles. The molecule has 23 heavy (non-hydrogen) atoms. The zero-order valence-corrected chi connectivity index (χ0v) is 12.9. The van der Waals surface area contributed by atoms with E-state index in [0.717, 1.165) is 31.2 Å². The lowest BCUT2D eigenvalue weighted by Gasteiger charge is -2.27. The van der Waals surface area contributed by atoms with Gasteiger partial charge in [0.15, 0.2) is 0 Å². The van der Waals surface area contributed by atoms with Gasteiger partial charge in [-0.25, -0.2) is 4.98 Å². The minimum atomic E-state index is 0.153. The van der Waals surface area contributed by atoms with Gasteiger partial charge in [0.25, 0.3) is 0 Å². The normalized spacial score (nSPS) is 20.9. The summed E-state index contributed by atoms with van der Waals surface area (Å²) in [7, 11) is 0. The highest BCUT2D eigenvalue weighted by molar-refractivity contribution is 5.71. The first-order valence-corrected chi connectivity index (χ1v) is 7.84. The van der Waals surface area contributed by atoms with Crippen LogP contribution in [0, 0.1) is 11.3 Å². The number of nitrogens with two attached hydrogens (primary N) is 2. The predicted octanol–water partition coefficient (Wildman–Crippen LogP) is 2.89. The highest BCUT2D eigenvalue weighted by Gasteiger charge is 2.24. The van der Waals surface area contributed by atoms with E-state index in [1.165, 1.54) is 0 Å². The summed E-state index contributed by atoms with van der Waals surface area (Å²) in [5, 5.41) is 19.5. The lowest BCUT2D eigenvalue weighted by Crippen LogP contribution is -2.26. The van der Waals surface area contributed by atoms with Crippen LogP contribution in [-0.2, 0) is 0 Å². The molecule has 0 bridgehead atoms. The van der Waals surface area contributed by atoms with Gasteiger partial charge in [0.1, 0.15) is 17.6 Å². The van der Waals surface area contributed by atoms with Crippen molar-refractivity contribution in [2.24, 2.45) is 5.73 Å². The third-order valence-electron chi connectivity index (χ3n) is 4.58. The number of hydrogen-bond acceptors (Lipinski definition) is 5. The maximum absolute atomic E-state index is 10.1. The summed E-state index contributed by atoms with van der Waals surface area (Å²) in [5.74, 6) is 0.637. The standard InChI is InChI=1S/C18H20N4O/c19-10-15-14(11-5-7-12(20)8-6-11)9-16(22-18(15)21)13-3-1-2-4-17(13)23/h1-4,9,11-12,23H,5-8,20H2,(H2,21,22). The largest absolute Gasteiger partial charge is 0.507 e. The fourth-order valence-electron chi connectivity index (χ4n) is 3.29. The number of aromatic hydroxyl groups is 1. The molecule has 3 rings (SSSR count). The van der Waals surface area contributed by atoms with Gasteiger partial charge in [-0.15, -0.1) is 0 Å². The number of phenolic OH excluding ortho intramolecular Hbond substituents is 1. The Balaban J connectivity index is 2.08. The lowest BCUT2D eigenvalue weighted by atomic mass is 9.80. The van der Waals surface area contributed by atoms with Gasteiger partial charge in [0.05, 0.1) is 11.3 Å². The Morgan fingerprint density at radius 1 is 1.17 bits per heavy atom. The zero-order valence-electron chi connectivity index (χ0n) is 12.9. The maximum atomic E-state index is 10.1. The van der Waals surface area contributed by atoms with Gasteiger partial charge in [-0.1, -0.05) is 12.1 Å². The van der Waals surface area contributed by atoms with Crippen LogP contribution in [0.3, 0.4) is 0 Å². The molecular formula is C18H20N4O. The second kappa shape index (κ2) is 6.27. The molecule has 1 aliphatic rings. The Bertz CT molecular complexity index is 758. The molecule has 0 aliphatic heterocycles. The molecule has 1 fully saturated rings. The van der Waals surface area contributed by atoms with E-state index < -0.39 is 0 Å². The van der Waals surface area contributed by atoms with Crippen molar-refractivity contribution >= 4 is 5.82 Å². The number of benzene rings is 1. The van der Waals surface area contributed by atoms with Crippen molar-refractivity contribution in [1.82, 2.24) is 4.98 Å². The SMILES string of the molecule is N#Cc1c(C2CCC(N)CC2)cc(-c2ccccc2O)nc1N. The Hall–Kier alpha value is -2.58. The molecule has 5 nitrogen and oxygen atoms in total. The van der Waals surface area contributed by atoms with Gasteiger partial charge in [0.2, 0.25) is 0 Å².